The molecule has 1 saturated heterocycles. The van der Waals surface area contributed by atoms with E-state index in [4.69, 9.17) is 4.98 Å². The van der Waals surface area contributed by atoms with Gasteiger partial charge in [-0.15, -0.1) is 0 Å². The van der Waals surface area contributed by atoms with E-state index in [2.05, 4.69) is 20.5 Å². The van der Waals surface area contributed by atoms with Gasteiger partial charge in [0.15, 0.2) is 0 Å². The lowest BCUT2D eigenvalue weighted by molar-refractivity contribution is -0.122. The fourth-order valence-corrected chi connectivity index (χ4v) is 4.10. The minimum atomic E-state index is -0.273. The molecule has 32 heavy (non-hydrogen) atoms. The first-order valence-corrected chi connectivity index (χ1v) is 11.0. The van der Waals surface area contributed by atoms with E-state index < -0.39 is 0 Å². The van der Waals surface area contributed by atoms with Gasteiger partial charge in [-0.2, -0.15) is 0 Å². The first kappa shape index (κ1) is 21.9. The van der Waals surface area contributed by atoms with E-state index in [0.29, 0.717) is 18.8 Å². The lowest BCUT2D eigenvalue weighted by Gasteiger charge is -2.32. The number of hydrogen-bond donors (Lipinski definition) is 2. The number of benzene rings is 1. The Morgan fingerprint density at radius 2 is 2.06 bits per heavy atom. The summed E-state index contributed by atoms with van der Waals surface area (Å²) < 4.78 is 13.5. The van der Waals surface area contributed by atoms with Crippen LogP contribution < -0.4 is 10.6 Å². The second kappa shape index (κ2) is 10.3. The second-order valence-electron chi connectivity index (χ2n) is 8.23. The van der Waals surface area contributed by atoms with E-state index in [9.17, 15) is 9.18 Å². The maximum atomic E-state index is 13.5. The molecule has 7 heteroatoms. The van der Waals surface area contributed by atoms with Crippen LogP contribution in [0.1, 0.15) is 35.8 Å². The molecule has 1 aliphatic rings. The van der Waals surface area contributed by atoms with Crippen LogP contribution in [0.3, 0.4) is 0 Å². The van der Waals surface area contributed by atoms with E-state index in [1.54, 1.807) is 12.3 Å². The lowest BCUT2D eigenvalue weighted by Crippen LogP contribution is -2.42. The number of hydrogen-bond acceptors (Lipinski definition) is 5. The van der Waals surface area contributed by atoms with Crippen molar-refractivity contribution in [3.63, 3.8) is 0 Å². The number of anilines is 2. The van der Waals surface area contributed by atoms with E-state index in [0.717, 1.165) is 48.7 Å². The fraction of sp³-hybridized carbons (Fsp3) is 0.320. The van der Waals surface area contributed by atoms with E-state index >= 15 is 0 Å². The fourth-order valence-electron chi connectivity index (χ4n) is 4.10. The number of amides is 1. The Labute approximate surface area is 187 Å². The number of rotatable bonds is 7. The van der Waals surface area contributed by atoms with Crippen LogP contribution in [0, 0.1) is 12.7 Å². The molecule has 0 unspecified atom stereocenters. The molecule has 1 amide bonds. The monoisotopic (exact) mass is 433 g/mol. The third kappa shape index (κ3) is 6.11. The summed E-state index contributed by atoms with van der Waals surface area (Å²) in [5, 5.41) is 6.23. The number of nitrogens with zero attached hydrogens (tertiary/aromatic N) is 3. The molecule has 0 spiro atoms. The zero-order valence-electron chi connectivity index (χ0n) is 18.2. The standard InChI is InChI=1S/C25H28FN5O/c1-18-12-23(30-21-9-4-7-20(26)13-21)14-24(29-18)19-6-5-11-31(16-19)17-25(32)28-15-22-8-2-3-10-27-22/h2-4,7-10,12-14,19H,5-6,11,15-17H2,1H3,(H,28,32)(H,29,30)/t19-/m0/s1. The van der Waals surface area contributed by atoms with Crippen LogP contribution in [-0.4, -0.2) is 40.4 Å². The van der Waals surface area contributed by atoms with Gasteiger partial charge in [0.25, 0.3) is 0 Å². The van der Waals surface area contributed by atoms with Gasteiger partial charge < -0.3 is 10.6 Å². The summed E-state index contributed by atoms with van der Waals surface area (Å²) in [6.45, 7) is 4.45. The predicted molar refractivity (Wildman–Crippen MR) is 123 cm³/mol. The van der Waals surface area contributed by atoms with Crippen LogP contribution in [0.5, 0.6) is 0 Å². The van der Waals surface area contributed by atoms with Gasteiger partial charge in [-0.25, -0.2) is 4.39 Å². The number of pyridine rings is 2. The molecule has 6 nitrogen and oxygen atoms in total. The molecule has 1 aliphatic heterocycles. The summed E-state index contributed by atoms with van der Waals surface area (Å²) in [7, 11) is 0. The van der Waals surface area contributed by atoms with Crippen LogP contribution >= 0.6 is 0 Å². The Kier molecular flexibility index (Phi) is 7.07. The van der Waals surface area contributed by atoms with Crippen molar-refractivity contribution in [1.82, 2.24) is 20.2 Å². The summed E-state index contributed by atoms with van der Waals surface area (Å²) in [5.74, 6) is -0.0208. The van der Waals surface area contributed by atoms with E-state index in [1.807, 2.05) is 43.3 Å². The number of nitrogens with one attached hydrogen (secondary N) is 2. The largest absolute Gasteiger partial charge is 0.355 e. The highest BCUT2D eigenvalue weighted by Crippen LogP contribution is 2.28. The highest BCUT2D eigenvalue weighted by Gasteiger charge is 2.24. The maximum Gasteiger partial charge on any atom is 0.234 e. The summed E-state index contributed by atoms with van der Waals surface area (Å²) in [6.07, 6.45) is 3.77. The number of carbonyl (C=O) groups is 1. The SMILES string of the molecule is Cc1cc(Nc2cccc(F)c2)cc([C@H]2CCCN(CC(=O)NCc3ccccn3)C2)n1. The molecule has 0 bridgehead atoms. The zero-order chi connectivity index (χ0) is 22.3. The summed E-state index contributed by atoms with van der Waals surface area (Å²) in [4.78, 5) is 23.6. The molecular formula is C25H28FN5O. The van der Waals surface area contributed by atoms with Crippen molar-refractivity contribution >= 4 is 17.3 Å². The van der Waals surface area contributed by atoms with Gasteiger partial charge in [0.2, 0.25) is 5.91 Å². The quantitative estimate of drug-likeness (QED) is 0.585. The minimum absolute atomic E-state index is 0.00182. The Balaban J connectivity index is 1.37. The number of aryl methyl sites for hydroxylation is 1. The summed E-state index contributed by atoms with van der Waals surface area (Å²) >= 11 is 0. The Bertz CT molecular complexity index is 1060. The van der Waals surface area contributed by atoms with Crippen molar-refractivity contribution in [2.75, 3.05) is 25.0 Å². The molecule has 2 aromatic heterocycles. The number of halogens is 1. The molecule has 1 fully saturated rings. The molecule has 0 saturated carbocycles. The molecule has 0 aliphatic carbocycles. The average Bonchev–Trinajstić information content (AvgIpc) is 2.78. The first-order valence-electron chi connectivity index (χ1n) is 11.0. The van der Waals surface area contributed by atoms with Crippen molar-refractivity contribution in [2.45, 2.75) is 32.2 Å². The lowest BCUT2D eigenvalue weighted by atomic mass is 9.93. The highest BCUT2D eigenvalue weighted by molar-refractivity contribution is 5.78. The van der Waals surface area contributed by atoms with Crippen molar-refractivity contribution < 1.29 is 9.18 Å². The molecule has 2 N–H and O–H groups in total. The highest BCUT2D eigenvalue weighted by atomic mass is 19.1. The van der Waals surface area contributed by atoms with Gasteiger partial charge in [-0.05, 0) is 68.8 Å². The van der Waals surface area contributed by atoms with Gasteiger partial charge in [0, 0.05) is 41.4 Å². The van der Waals surface area contributed by atoms with Gasteiger partial charge in [-0.1, -0.05) is 12.1 Å². The normalized spacial score (nSPS) is 16.5. The van der Waals surface area contributed by atoms with Crippen molar-refractivity contribution in [3.8, 4) is 0 Å². The number of carbonyl (C=O) groups excluding carboxylic acids is 1. The molecule has 3 aromatic rings. The summed E-state index contributed by atoms with van der Waals surface area (Å²) in [5.41, 5.74) is 4.36. The van der Waals surface area contributed by atoms with E-state index in [-0.39, 0.29) is 17.6 Å². The molecule has 1 atom stereocenters. The Morgan fingerprint density at radius 3 is 2.88 bits per heavy atom. The maximum absolute atomic E-state index is 13.5. The topological polar surface area (TPSA) is 70.2 Å². The van der Waals surface area contributed by atoms with Crippen molar-refractivity contribution in [1.29, 1.82) is 0 Å². The van der Waals surface area contributed by atoms with Crippen LogP contribution in [-0.2, 0) is 11.3 Å². The molecular weight excluding hydrogens is 405 g/mol. The van der Waals surface area contributed by atoms with Crippen LogP contribution in [0.4, 0.5) is 15.8 Å². The molecule has 3 heterocycles. The Hall–Kier alpha value is -3.32. The number of likely N-dealkylation sites (tertiary alicyclic amines) is 1. The first-order chi connectivity index (χ1) is 15.5. The van der Waals surface area contributed by atoms with Crippen LogP contribution in [0.2, 0.25) is 0 Å². The molecule has 1 aromatic carbocycles. The van der Waals surface area contributed by atoms with Crippen LogP contribution in [0.15, 0.2) is 60.8 Å². The second-order valence-corrected chi connectivity index (χ2v) is 8.23. The summed E-state index contributed by atoms with van der Waals surface area (Å²) in [6, 6.07) is 16.1. The Morgan fingerprint density at radius 1 is 1.16 bits per heavy atom. The van der Waals surface area contributed by atoms with Gasteiger partial charge in [0.1, 0.15) is 5.82 Å². The van der Waals surface area contributed by atoms with Gasteiger partial charge in [-0.3, -0.25) is 19.7 Å². The number of aromatic nitrogens is 2. The number of piperidine rings is 1. The minimum Gasteiger partial charge on any atom is -0.355 e. The van der Waals surface area contributed by atoms with Crippen LogP contribution in [0.25, 0.3) is 0 Å². The average molecular weight is 434 g/mol. The third-order valence-corrected chi connectivity index (χ3v) is 5.57. The van der Waals surface area contributed by atoms with Gasteiger partial charge >= 0.3 is 0 Å². The van der Waals surface area contributed by atoms with Crippen molar-refractivity contribution in [2.24, 2.45) is 0 Å². The molecule has 4 rings (SSSR count). The smallest absolute Gasteiger partial charge is 0.234 e. The third-order valence-electron chi connectivity index (χ3n) is 5.57. The van der Waals surface area contributed by atoms with Crippen molar-refractivity contribution in [3.05, 3.63) is 83.7 Å². The predicted octanol–water partition coefficient (Wildman–Crippen LogP) is 4.16. The molecule has 0 radical (unpaired) electrons. The van der Waals surface area contributed by atoms with E-state index in [1.165, 1.54) is 12.1 Å². The van der Waals surface area contributed by atoms with Gasteiger partial charge in [0.05, 0.1) is 18.8 Å². The molecule has 166 valence electrons. The zero-order valence-corrected chi connectivity index (χ0v) is 18.2.